The molecule has 4 rings (SSSR count). The molecule has 4 N–H and O–H groups in total. The van der Waals surface area contributed by atoms with Crippen LogP contribution in [-0.4, -0.2) is 21.1 Å². The number of aliphatic hydroxyl groups is 1. The molecule has 0 bridgehead atoms. The number of H-pyrrole nitrogens is 1. The van der Waals surface area contributed by atoms with Crippen molar-refractivity contribution >= 4 is 33.9 Å². The van der Waals surface area contributed by atoms with Crippen LogP contribution < -0.4 is 5.32 Å². The van der Waals surface area contributed by atoms with Crippen LogP contribution in [0, 0.1) is 22.7 Å². The molecule has 1 heterocycles. The van der Waals surface area contributed by atoms with Gasteiger partial charge in [-0.15, -0.1) is 10.2 Å². The number of carbonyl (C=O) groups is 1. The van der Waals surface area contributed by atoms with Crippen LogP contribution in [0.3, 0.4) is 0 Å². The maximum atomic E-state index is 12.9. The summed E-state index contributed by atoms with van der Waals surface area (Å²) in [6.07, 6.45) is 0. The normalized spacial score (nSPS) is 10.8. The molecule has 9 heteroatoms. The van der Waals surface area contributed by atoms with Crippen molar-refractivity contribution in [1.82, 2.24) is 4.98 Å². The minimum Gasteiger partial charge on any atom is -0.505 e. The summed E-state index contributed by atoms with van der Waals surface area (Å²) in [5.74, 6) is -0.759. The van der Waals surface area contributed by atoms with Crippen LogP contribution >= 0.6 is 0 Å². The lowest BCUT2D eigenvalue weighted by molar-refractivity contribution is 0.102. The molecule has 0 aliphatic rings. The van der Waals surface area contributed by atoms with E-state index < -0.39 is 5.91 Å². The predicted octanol–water partition coefficient (Wildman–Crippen LogP) is 4.78. The fraction of sp³-hybridized carbons (Fsp3) is 0.0417. The lowest BCUT2D eigenvalue weighted by Crippen LogP contribution is -2.12. The molecule has 33 heavy (non-hydrogen) atoms. The van der Waals surface area contributed by atoms with Crippen LogP contribution in [0.2, 0.25) is 0 Å². The van der Waals surface area contributed by atoms with Crippen LogP contribution in [0.5, 0.6) is 5.75 Å². The lowest BCUT2D eigenvalue weighted by Gasteiger charge is -2.11. The average molecular weight is 436 g/mol. The Bertz CT molecular complexity index is 1440. The zero-order valence-corrected chi connectivity index (χ0v) is 17.1. The molecule has 0 saturated heterocycles. The van der Waals surface area contributed by atoms with E-state index in [-0.39, 0.29) is 40.7 Å². The van der Waals surface area contributed by atoms with Gasteiger partial charge in [-0.2, -0.15) is 10.5 Å². The largest absolute Gasteiger partial charge is 0.505 e. The summed E-state index contributed by atoms with van der Waals surface area (Å²) in [5, 5.41) is 50.3. The number of benzene rings is 3. The highest BCUT2D eigenvalue weighted by Gasteiger charge is 2.19. The Labute approximate surface area is 187 Å². The maximum Gasteiger partial charge on any atom is 0.259 e. The number of fused-ring (bicyclic) bond motifs is 1. The molecular formula is C24H16N6O3. The highest BCUT2D eigenvalue weighted by molar-refractivity contribution is 6.11. The van der Waals surface area contributed by atoms with Gasteiger partial charge in [-0.25, -0.2) is 0 Å². The fourth-order valence-corrected chi connectivity index (χ4v) is 3.26. The van der Waals surface area contributed by atoms with Crippen molar-refractivity contribution in [1.29, 1.82) is 10.5 Å². The van der Waals surface area contributed by atoms with Crippen LogP contribution in [0.4, 0.5) is 17.2 Å². The van der Waals surface area contributed by atoms with E-state index in [9.17, 15) is 9.90 Å². The first-order chi connectivity index (χ1) is 16.0. The van der Waals surface area contributed by atoms with Crippen LogP contribution in [-0.2, 0) is 6.61 Å². The number of rotatable bonds is 5. The van der Waals surface area contributed by atoms with E-state index in [1.807, 2.05) is 12.1 Å². The summed E-state index contributed by atoms with van der Waals surface area (Å²) < 4.78 is 0. The molecule has 0 fully saturated rings. The second kappa shape index (κ2) is 9.02. The van der Waals surface area contributed by atoms with Gasteiger partial charge < -0.3 is 20.5 Å². The number of amides is 1. The van der Waals surface area contributed by atoms with Crippen molar-refractivity contribution in [3.05, 3.63) is 83.0 Å². The van der Waals surface area contributed by atoms with Gasteiger partial charge in [0.2, 0.25) is 0 Å². The molecular weight excluding hydrogens is 420 g/mol. The van der Waals surface area contributed by atoms with Crippen LogP contribution in [0.25, 0.3) is 10.8 Å². The summed E-state index contributed by atoms with van der Waals surface area (Å²) in [6.45, 7) is -0.111. The van der Waals surface area contributed by atoms with E-state index in [0.29, 0.717) is 22.0 Å². The molecule has 0 atom stereocenters. The monoisotopic (exact) mass is 436 g/mol. The Morgan fingerprint density at radius 3 is 2.45 bits per heavy atom. The van der Waals surface area contributed by atoms with Gasteiger partial charge in [0.05, 0.1) is 17.7 Å². The Balaban J connectivity index is 1.74. The third-order valence-electron chi connectivity index (χ3n) is 4.93. The molecule has 0 saturated carbocycles. The van der Waals surface area contributed by atoms with Crippen molar-refractivity contribution < 1.29 is 15.0 Å². The second-order valence-corrected chi connectivity index (χ2v) is 7.02. The predicted molar refractivity (Wildman–Crippen MR) is 120 cm³/mol. The summed E-state index contributed by atoms with van der Waals surface area (Å²) in [5.41, 5.74) is 1.44. The fourth-order valence-electron chi connectivity index (χ4n) is 3.26. The van der Waals surface area contributed by atoms with Crippen molar-refractivity contribution in [3.63, 3.8) is 0 Å². The van der Waals surface area contributed by atoms with E-state index in [2.05, 4.69) is 20.5 Å². The molecule has 3 aromatic carbocycles. The van der Waals surface area contributed by atoms with Crippen molar-refractivity contribution in [2.24, 2.45) is 10.2 Å². The number of aromatic amines is 1. The van der Waals surface area contributed by atoms with E-state index in [4.69, 9.17) is 15.6 Å². The summed E-state index contributed by atoms with van der Waals surface area (Å²) in [4.78, 5) is 15.6. The molecule has 0 unspecified atom stereocenters. The summed E-state index contributed by atoms with van der Waals surface area (Å²) in [7, 11) is 0. The molecule has 0 radical (unpaired) electrons. The number of phenols is 1. The number of anilines is 1. The van der Waals surface area contributed by atoms with Gasteiger partial charge in [0.15, 0.2) is 11.6 Å². The van der Waals surface area contributed by atoms with E-state index in [0.717, 1.165) is 0 Å². The number of hydrogen-bond donors (Lipinski definition) is 4. The van der Waals surface area contributed by atoms with Gasteiger partial charge in [-0.05, 0) is 29.1 Å². The van der Waals surface area contributed by atoms with Gasteiger partial charge in [0.1, 0.15) is 23.5 Å². The standard InChI is InChI=1S/C24H16N6O3/c25-11-16-10-21(28-20(16)12-26)29-30-22-18-4-2-1-3-15(18)9-19(23(22)32)24(33)27-17-7-5-14(13-31)6-8-17/h1-10,28,31-32H,13H2,(H,27,33). The molecule has 0 aliphatic carbocycles. The smallest absolute Gasteiger partial charge is 0.259 e. The first-order valence-corrected chi connectivity index (χ1v) is 9.75. The minimum atomic E-state index is -0.551. The maximum absolute atomic E-state index is 12.9. The molecule has 0 aliphatic heterocycles. The first-order valence-electron chi connectivity index (χ1n) is 9.75. The molecule has 1 amide bonds. The van der Waals surface area contributed by atoms with Gasteiger partial charge in [-0.1, -0.05) is 36.4 Å². The highest BCUT2D eigenvalue weighted by Crippen LogP contribution is 2.39. The van der Waals surface area contributed by atoms with Crippen LogP contribution in [0.1, 0.15) is 27.2 Å². The Kier molecular flexibility index (Phi) is 5.81. The number of aromatic hydroxyl groups is 1. The number of aromatic nitrogens is 1. The first kappa shape index (κ1) is 21.2. The van der Waals surface area contributed by atoms with Crippen molar-refractivity contribution in [2.45, 2.75) is 6.61 Å². The Hall–Kier alpha value is -4.99. The third-order valence-corrected chi connectivity index (χ3v) is 4.93. The van der Waals surface area contributed by atoms with E-state index in [1.165, 1.54) is 6.07 Å². The molecule has 9 nitrogen and oxygen atoms in total. The molecule has 1 aromatic heterocycles. The number of hydrogen-bond acceptors (Lipinski definition) is 7. The van der Waals surface area contributed by atoms with Gasteiger partial charge in [-0.3, -0.25) is 4.79 Å². The van der Waals surface area contributed by atoms with Crippen molar-refractivity contribution in [3.8, 4) is 17.9 Å². The Morgan fingerprint density at radius 2 is 1.79 bits per heavy atom. The summed E-state index contributed by atoms with van der Waals surface area (Å²) >= 11 is 0. The number of aliphatic hydroxyl groups excluding tert-OH is 1. The number of phenolic OH excluding ortho intramolecular Hbond substituents is 1. The number of nitriles is 2. The Morgan fingerprint density at radius 1 is 1.03 bits per heavy atom. The van der Waals surface area contributed by atoms with E-state index in [1.54, 1.807) is 54.6 Å². The van der Waals surface area contributed by atoms with Gasteiger partial charge in [0, 0.05) is 17.1 Å². The van der Waals surface area contributed by atoms with Crippen LogP contribution in [0.15, 0.2) is 70.9 Å². The SMILES string of the molecule is N#Cc1cc(N=Nc2c(O)c(C(=O)Nc3ccc(CO)cc3)cc3ccccc23)[nH]c1C#N. The number of nitrogens with one attached hydrogen (secondary N) is 2. The number of azo groups is 1. The summed E-state index contributed by atoms with van der Waals surface area (Å²) in [6, 6.07) is 20.4. The molecule has 160 valence electrons. The second-order valence-electron chi connectivity index (χ2n) is 7.02. The minimum absolute atomic E-state index is 0.00389. The molecule has 0 spiro atoms. The van der Waals surface area contributed by atoms with Gasteiger partial charge >= 0.3 is 0 Å². The topological polar surface area (TPSA) is 158 Å². The lowest BCUT2D eigenvalue weighted by atomic mass is 10.0. The quantitative estimate of drug-likeness (QED) is 0.331. The average Bonchev–Trinajstić information content (AvgIpc) is 3.26. The zero-order chi connectivity index (χ0) is 23.4. The van der Waals surface area contributed by atoms with Gasteiger partial charge in [0.25, 0.3) is 5.91 Å². The number of nitrogens with zero attached hydrogens (tertiary/aromatic N) is 4. The zero-order valence-electron chi connectivity index (χ0n) is 17.1. The highest BCUT2D eigenvalue weighted by atomic mass is 16.3. The third kappa shape index (κ3) is 4.26. The van der Waals surface area contributed by atoms with Crippen molar-refractivity contribution in [2.75, 3.05) is 5.32 Å². The van der Waals surface area contributed by atoms with E-state index >= 15 is 0 Å². The molecule has 4 aromatic rings. The number of carbonyl (C=O) groups excluding carboxylic acids is 1.